The number of carbonyl (C=O) groups excluding carboxylic acids is 1. The molecule has 0 radical (unpaired) electrons. The van der Waals surface area contributed by atoms with Crippen molar-refractivity contribution in [2.24, 2.45) is 11.1 Å². The number of benzene rings is 1. The molecule has 1 fully saturated rings. The first-order chi connectivity index (χ1) is 8.61. The molecule has 94 valence electrons. The van der Waals surface area contributed by atoms with Gasteiger partial charge < -0.3 is 11.1 Å². The van der Waals surface area contributed by atoms with Crippen molar-refractivity contribution < 1.29 is 4.79 Å². The highest BCUT2D eigenvalue weighted by Gasteiger charge is 2.42. The van der Waals surface area contributed by atoms with Crippen molar-refractivity contribution in [2.75, 3.05) is 11.9 Å². The summed E-state index contributed by atoms with van der Waals surface area (Å²) in [6.45, 7) is 0.382. The maximum atomic E-state index is 12.2. The van der Waals surface area contributed by atoms with Gasteiger partial charge in [0.1, 0.15) is 0 Å². The Hall–Kier alpha value is -1.38. The van der Waals surface area contributed by atoms with E-state index in [0.29, 0.717) is 22.3 Å². The van der Waals surface area contributed by atoms with Crippen LogP contribution < -0.4 is 11.1 Å². The molecule has 18 heavy (non-hydrogen) atoms. The lowest BCUT2D eigenvalue weighted by Crippen LogP contribution is -2.47. The van der Waals surface area contributed by atoms with Gasteiger partial charge in [0.05, 0.1) is 22.7 Å². The standard InChI is InChI=1S/C13H14BrN3O/c14-10-6-9(7-15)2-3-11(10)17-12(18)13(8-16)4-1-5-13/h2-3,6H,1,4-5,8,16H2,(H,17,18). The van der Waals surface area contributed by atoms with Gasteiger partial charge in [-0.05, 0) is 47.0 Å². The second-order valence-electron chi connectivity index (χ2n) is 4.60. The number of rotatable bonds is 3. The van der Waals surface area contributed by atoms with Crippen molar-refractivity contribution >= 4 is 27.5 Å². The number of halogens is 1. The number of anilines is 1. The summed E-state index contributed by atoms with van der Waals surface area (Å²) < 4.78 is 0.710. The molecule has 1 amide bonds. The summed E-state index contributed by atoms with van der Waals surface area (Å²) in [4.78, 5) is 12.2. The fourth-order valence-corrected chi connectivity index (χ4v) is 2.55. The summed E-state index contributed by atoms with van der Waals surface area (Å²) in [6, 6.07) is 7.14. The lowest BCUT2D eigenvalue weighted by atomic mass is 9.68. The average Bonchev–Trinajstić information content (AvgIpc) is 2.31. The summed E-state index contributed by atoms with van der Waals surface area (Å²) in [5, 5.41) is 11.7. The van der Waals surface area contributed by atoms with Crippen molar-refractivity contribution in [1.82, 2.24) is 0 Å². The third-order valence-corrected chi connectivity index (χ3v) is 4.19. The molecule has 0 aromatic heterocycles. The van der Waals surface area contributed by atoms with Crippen LogP contribution in [0, 0.1) is 16.7 Å². The van der Waals surface area contributed by atoms with E-state index in [0.717, 1.165) is 19.3 Å². The molecular formula is C13H14BrN3O. The number of nitriles is 1. The number of nitrogens with two attached hydrogens (primary N) is 1. The van der Waals surface area contributed by atoms with Crippen LogP contribution in [0.15, 0.2) is 22.7 Å². The molecule has 0 atom stereocenters. The van der Waals surface area contributed by atoms with E-state index in [1.165, 1.54) is 0 Å². The van der Waals surface area contributed by atoms with E-state index in [-0.39, 0.29) is 5.91 Å². The highest BCUT2D eigenvalue weighted by molar-refractivity contribution is 9.10. The molecule has 1 aromatic carbocycles. The number of hydrogen-bond donors (Lipinski definition) is 2. The molecule has 1 aromatic rings. The minimum Gasteiger partial charge on any atom is -0.329 e. The Morgan fingerprint density at radius 3 is 2.72 bits per heavy atom. The summed E-state index contributed by atoms with van der Waals surface area (Å²) in [5.74, 6) is -0.0262. The van der Waals surface area contributed by atoms with Crippen LogP contribution in [0.1, 0.15) is 24.8 Å². The van der Waals surface area contributed by atoms with Gasteiger partial charge in [0, 0.05) is 11.0 Å². The minimum atomic E-state index is -0.395. The Morgan fingerprint density at radius 1 is 1.56 bits per heavy atom. The van der Waals surface area contributed by atoms with Crippen LogP contribution in [-0.4, -0.2) is 12.5 Å². The predicted molar refractivity (Wildman–Crippen MR) is 72.8 cm³/mol. The van der Waals surface area contributed by atoms with E-state index < -0.39 is 5.41 Å². The second kappa shape index (κ2) is 5.09. The van der Waals surface area contributed by atoms with Crippen LogP contribution in [0.2, 0.25) is 0 Å². The third kappa shape index (κ3) is 2.26. The molecule has 2 rings (SSSR count). The molecule has 0 bridgehead atoms. The average molecular weight is 308 g/mol. The van der Waals surface area contributed by atoms with Crippen molar-refractivity contribution in [3.8, 4) is 6.07 Å². The van der Waals surface area contributed by atoms with Crippen LogP contribution in [0.5, 0.6) is 0 Å². The van der Waals surface area contributed by atoms with Gasteiger partial charge in [0.25, 0.3) is 0 Å². The van der Waals surface area contributed by atoms with Crippen molar-refractivity contribution in [2.45, 2.75) is 19.3 Å². The molecule has 5 heteroatoms. The monoisotopic (exact) mass is 307 g/mol. The summed E-state index contributed by atoms with van der Waals surface area (Å²) in [5.41, 5.74) is 6.53. The Labute approximate surface area is 114 Å². The molecule has 4 nitrogen and oxygen atoms in total. The van der Waals surface area contributed by atoms with Gasteiger partial charge in [-0.2, -0.15) is 5.26 Å². The molecule has 0 unspecified atom stereocenters. The van der Waals surface area contributed by atoms with Crippen molar-refractivity contribution in [3.63, 3.8) is 0 Å². The van der Waals surface area contributed by atoms with E-state index in [4.69, 9.17) is 11.0 Å². The van der Waals surface area contributed by atoms with Gasteiger partial charge >= 0.3 is 0 Å². The Balaban J connectivity index is 2.15. The molecule has 1 aliphatic rings. The van der Waals surface area contributed by atoms with Gasteiger partial charge in [0.15, 0.2) is 0 Å². The first-order valence-corrected chi connectivity index (χ1v) is 6.62. The first-order valence-electron chi connectivity index (χ1n) is 5.82. The normalized spacial score (nSPS) is 16.5. The van der Waals surface area contributed by atoms with E-state index >= 15 is 0 Å². The van der Waals surface area contributed by atoms with Crippen LogP contribution in [0.3, 0.4) is 0 Å². The Kier molecular flexibility index (Phi) is 3.69. The topological polar surface area (TPSA) is 78.9 Å². The van der Waals surface area contributed by atoms with Crippen LogP contribution >= 0.6 is 15.9 Å². The quantitative estimate of drug-likeness (QED) is 0.900. The molecule has 1 aliphatic carbocycles. The fraction of sp³-hybridized carbons (Fsp3) is 0.385. The van der Waals surface area contributed by atoms with E-state index in [1.54, 1.807) is 18.2 Å². The fourth-order valence-electron chi connectivity index (χ4n) is 2.07. The van der Waals surface area contributed by atoms with Gasteiger partial charge in [-0.1, -0.05) is 6.42 Å². The molecule has 0 spiro atoms. The minimum absolute atomic E-state index is 0.0262. The van der Waals surface area contributed by atoms with Crippen LogP contribution in [0.25, 0.3) is 0 Å². The number of nitrogens with zero attached hydrogens (tertiary/aromatic N) is 1. The van der Waals surface area contributed by atoms with Gasteiger partial charge in [-0.25, -0.2) is 0 Å². The molecular weight excluding hydrogens is 294 g/mol. The number of hydrogen-bond acceptors (Lipinski definition) is 3. The highest BCUT2D eigenvalue weighted by Crippen LogP contribution is 2.41. The molecule has 0 aliphatic heterocycles. The zero-order valence-electron chi connectivity index (χ0n) is 9.87. The lowest BCUT2D eigenvalue weighted by molar-refractivity contribution is -0.129. The molecule has 3 N–H and O–H groups in total. The summed E-state index contributed by atoms with van der Waals surface area (Å²) >= 11 is 3.35. The number of amides is 1. The maximum Gasteiger partial charge on any atom is 0.231 e. The van der Waals surface area contributed by atoms with Crippen LogP contribution in [-0.2, 0) is 4.79 Å². The maximum absolute atomic E-state index is 12.2. The second-order valence-corrected chi connectivity index (χ2v) is 5.45. The SMILES string of the molecule is N#Cc1ccc(NC(=O)C2(CN)CCC2)c(Br)c1. The smallest absolute Gasteiger partial charge is 0.231 e. The van der Waals surface area contributed by atoms with Crippen molar-refractivity contribution in [1.29, 1.82) is 5.26 Å². The highest BCUT2D eigenvalue weighted by atomic mass is 79.9. The van der Waals surface area contributed by atoms with Crippen LogP contribution in [0.4, 0.5) is 5.69 Å². The molecule has 0 saturated heterocycles. The summed E-state index contributed by atoms with van der Waals surface area (Å²) in [6.07, 6.45) is 2.76. The summed E-state index contributed by atoms with van der Waals surface area (Å²) in [7, 11) is 0. The predicted octanol–water partition coefficient (Wildman–Crippen LogP) is 2.39. The molecule has 0 heterocycles. The van der Waals surface area contributed by atoms with Gasteiger partial charge in [0.2, 0.25) is 5.91 Å². The van der Waals surface area contributed by atoms with Gasteiger partial charge in [-0.3, -0.25) is 4.79 Å². The van der Waals surface area contributed by atoms with Gasteiger partial charge in [-0.15, -0.1) is 0 Å². The zero-order chi connectivity index (χ0) is 13.2. The third-order valence-electron chi connectivity index (χ3n) is 3.53. The first kappa shape index (κ1) is 13.1. The van der Waals surface area contributed by atoms with E-state index in [1.807, 2.05) is 6.07 Å². The zero-order valence-corrected chi connectivity index (χ0v) is 11.5. The van der Waals surface area contributed by atoms with Crippen molar-refractivity contribution in [3.05, 3.63) is 28.2 Å². The largest absolute Gasteiger partial charge is 0.329 e. The number of nitrogens with one attached hydrogen (secondary N) is 1. The Morgan fingerprint density at radius 2 is 2.28 bits per heavy atom. The number of carbonyl (C=O) groups is 1. The van der Waals surface area contributed by atoms with E-state index in [2.05, 4.69) is 21.2 Å². The lowest BCUT2D eigenvalue weighted by Gasteiger charge is -2.39. The molecule has 1 saturated carbocycles. The Bertz CT molecular complexity index is 512. The van der Waals surface area contributed by atoms with E-state index in [9.17, 15) is 4.79 Å².